The summed E-state index contributed by atoms with van der Waals surface area (Å²) in [7, 11) is 0. The van der Waals surface area contributed by atoms with Gasteiger partial charge in [0.1, 0.15) is 13.2 Å². The van der Waals surface area contributed by atoms with Gasteiger partial charge in [-0.3, -0.25) is 4.79 Å². The summed E-state index contributed by atoms with van der Waals surface area (Å²) in [6.45, 7) is 5.44. The highest BCUT2D eigenvalue weighted by atomic mass is 32.1. The number of rotatable bonds is 4. The number of carbonyl (C=O) groups is 1. The van der Waals surface area contributed by atoms with Crippen molar-refractivity contribution in [1.82, 2.24) is 9.55 Å². The molecule has 0 atom stereocenters. The number of hydrogen-bond donors (Lipinski definition) is 0. The van der Waals surface area contributed by atoms with Crippen LogP contribution in [0, 0.1) is 0 Å². The van der Waals surface area contributed by atoms with Gasteiger partial charge >= 0.3 is 0 Å². The van der Waals surface area contributed by atoms with Gasteiger partial charge in [-0.25, -0.2) is 4.98 Å². The van der Waals surface area contributed by atoms with Crippen LogP contribution in [0.5, 0.6) is 11.5 Å². The molecule has 2 aromatic carbocycles. The van der Waals surface area contributed by atoms with Crippen molar-refractivity contribution in [3.63, 3.8) is 0 Å². The van der Waals surface area contributed by atoms with Crippen LogP contribution in [0.2, 0.25) is 0 Å². The number of ether oxygens (including phenoxy) is 2. The van der Waals surface area contributed by atoms with Gasteiger partial charge < -0.3 is 14.0 Å². The fourth-order valence-corrected chi connectivity index (χ4v) is 5.78. The topological polar surface area (TPSA) is 65.7 Å². The first-order valence-corrected chi connectivity index (χ1v) is 12.5. The highest BCUT2D eigenvalue weighted by Crippen LogP contribution is 2.35. The lowest BCUT2D eigenvalue weighted by Crippen LogP contribution is -2.17. The lowest BCUT2D eigenvalue weighted by molar-refractivity contribution is 0.0999. The molecule has 34 heavy (non-hydrogen) atoms. The molecule has 0 unspecified atom stereocenters. The van der Waals surface area contributed by atoms with Crippen molar-refractivity contribution in [2.45, 2.75) is 6.54 Å². The highest BCUT2D eigenvalue weighted by Gasteiger charge is 2.18. The third kappa shape index (κ3) is 3.61. The molecule has 3 aromatic heterocycles. The molecule has 0 radical (unpaired) electrons. The molecule has 1 amide bonds. The molecular formula is C26H19N3O3S2. The smallest absolute Gasteiger partial charge is 0.280 e. The van der Waals surface area contributed by atoms with Crippen molar-refractivity contribution in [3.05, 3.63) is 83.0 Å². The molecule has 8 heteroatoms. The second-order valence-corrected chi connectivity index (χ2v) is 9.67. The average Bonchev–Trinajstić information content (AvgIpc) is 3.51. The number of amides is 1. The van der Waals surface area contributed by atoms with Gasteiger partial charge in [0.25, 0.3) is 5.91 Å². The number of benzene rings is 2. The lowest BCUT2D eigenvalue weighted by atomic mass is 10.1. The van der Waals surface area contributed by atoms with E-state index in [2.05, 4.69) is 11.6 Å². The van der Waals surface area contributed by atoms with E-state index >= 15 is 0 Å². The summed E-state index contributed by atoms with van der Waals surface area (Å²) in [5, 5.41) is 2.78. The minimum Gasteiger partial charge on any atom is -0.486 e. The Balaban J connectivity index is 1.53. The molecular weight excluding hydrogens is 466 g/mol. The predicted molar refractivity (Wildman–Crippen MR) is 136 cm³/mol. The Morgan fingerprint density at radius 1 is 1.12 bits per heavy atom. The number of para-hydroxylation sites is 1. The number of aromatic nitrogens is 2. The van der Waals surface area contributed by atoms with Gasteiger partial charge in [-0.15, -0.1) is 17.9 Å². The van der Waals surface area contributed by atoms with E-state index in [1.807, 2.05) is 64.5 Å². The fourth-order valence-electron chi connectivity index (χ4n) is 4.05. The number of pyridine rings is 1. The summed E-state index contributed by atoms with van der Waals surface area (Å²) in [5.41, 5.74) is 3.00. The zero-order valence-electron chi connectivity index (χ0n) is 18.1. The summed E-state index contributed by atoms with van der Waals surface area (Å²) >= 11 is 3.04. The lowest BCUT2D eigenvalue weighted by Gasteiger charge is -2.18. The largest absolute Gasteiger partial charge is 0.486 e. The third-order valence-corrected chi connectivity index (χ3v) is 7.51. The summed E-state index contributed by atoms with van der Waals surface area (Å²) in [6.07, 6.45) is 1.79. The standard InChI is InChI=1S/C26H19N3O3S2/c1-2-9-29-20-14-21-22(32-11-10-31-21)15-24(20)34-26(29)28-25(30)17-13-19(23-8-5-12-33-23)27-18-7-4-3-6-16(17)18/h2-8,12-15H,1,9-11H2. The average molecular weight is 486 g/mol. The van der Waals surface area contributed by atoms with E-state index in [0.717, 1.165) is 31.7 Å². The first kappa shape index (κ1) is 20.8. The zero-order valence-corrected chi connectivity index (χ0v) is 19.7. The summed E-state index contributed by atoms with van der Waals surface area (Å²) in [6, 6.07) is 17.4. The van der Waals surface area contributed by atoms with E-state index < -0.39 is 0 Å². The second kappa shape index (κ2) is 8.55. The maximum absolute atomic E-state index is 13.6. The quantitative estimate of drug-likeness (QED) is 0.307. The molecule has 0 spiro atoms. The SMILES string of the molecule is C=CCn1c(=NC(=O)c2cc(-c3cccs3)nc3ccccc23)sc2cc3c(cc21)OCCO3. The molecule has 0 fully saturated rings. The van der Waals surface area contributed by atoms with E-state index in [1.54, 1.807) is 17.4 Å². The third-order valence-electron chi connectivity index (χ3n) is 5.58. The normalized spacial score (nSPS) is 13.5. The molecule has 0 bridgehead atoms. The molecule has 5 aromatic rings. The molecule has 0 saturated heterocycles. The number of carbonyl (C=O) groups excluding carboxylic acids is 1. The number of hydrogen-bond acceptors (Lipinski definition) is 6. The van der Waals surface area contributed by atoms with E-state index in [-0.39, 0.29) is 5.91 Å². The predicted octanol–water partition coefficient (Wildman–Crippen LogP) is 5.68. The van der Waals surface area contributed by atoms with Gasteiger partial charge in [0.2, 0.25) is 0 Å². The van der Waals surface area contributed by atoms with Crippen LogP contribution in [0.1, 0.15) is 10.4 Å². The van der Waals surface area contributed by atoms with E-state index in [0.29, 0.717) is 41.6 Å². The minimum atomic E-state index is -0.307. The van der Waals surface area contributed by atoms with Crippen LogP contribution in [-0.4, -0.2) is 28.7 Å². The summed E-state index contributed by atoms with van der Waals surface area (Å²) in [4.78, 5) is 24.5. The van der Waals surface area contributed by atoms with Gasteiger partial charge in [-0.2, -0.15) is 4.99 Å². The van der Waals surface area contributed by atoms with Gasteiger partial charge in [-0.1, -0.05) is 41.7 Å². The fraction of sp³-hybridized carbons (Fsp3) is 0.115. The van der Waals surface area contributed by atoms with Crippen LogP contribution in [-0.2, 0) is 6.54 Å². The van der Waals surface area contributed by atoms with Gasteiger partial charge in [0.15, 0.2) is 16.3 Å². The Kier molecular flexibility index (Phi) is 5.24. The van der Waals surface area contributed by atoms with Gasteiger partial charge in [0, 0.05) is 24.1 Å². The zero-order chi connectivity index (χ0) is 23.1. The molecule has 6 nitrogen and oxygen atoms in total. The van der Waals surface area contributed by atoms with Crippen molar-refractivity contribution in [2.75, 3.05) is 13.2 Å². The maximum Gasteiger partial charge on any atom is 0.280 e. The van der Waals surface area contributed by atoms with E-state index in [1.165, 1.54) is 11.3 Å². The summed E-state index contributed by atoms with van der Waals surface area (Å²) < 4.78 is 14.4. The molecule has 0 N–H and O–H groups in total. The van der Waals surface area contributed by atoms with Crippen molar-refractivity contribution in [2.24, 2.45) is 4.99 Å². The van der Waals surface area contributed by atoms with Crippen LogP contribution in [0.3, 0.4) is 0 Å². The monoisotopic (exact) mass is 485 g/mol. The Morgan fingerprint density at radius 3 is 2.74 bits per heavy atom. The molecule has 0 aliphatic carbocycles. The molecule has 168 valence electrons. The van der Waals surface area contributed by atoms with Crippen LogP contribution in [0.15, 0.2) is 77.6 Å². The number of allylic oxidation sites excluding steroid dienone is 1. The van der Waals surface area contributed by atoms with Crippen molar-refractivity contribution >= 4 is 49.7 Å². The number of fused-ring (bicyclic) bond motifs is 3. The Hall–Kier alpha value is -3.75. The number of thiophene rings is 1. The summed E-state index contributed by atoms with van der Waals surface area (Å²) in [5.74, 6) is 1.11. The molecule has 4 heterocycles. The number of thiazole rings is 1. The Labute approximate surface area is 203 Å². The molecule has 1 aliphatic heterocycles. The van der Waals surface area contributed by atoms with Crippen molar-refractivity contribution < 1.29 is 14.3 Å². The van der Waals surface area contributed by atoms with Crippen LogP contribution >= 0.6 is 22.7 Å². The second-order valence-electron chi connectivity index (χ2n) is 7.71. The molecule has 1 aliphatic rings. The minimum absolute atomic E-state index is 0.307. The van der Waals surface area contributed by atoms with Crippen molar-refractivity contribution in [1.29, 1.82) is 0 Å². The first-order chi connectivity index (χ1) is 16.7. The van der Waals surface area contributed by atoms with Crippen LogP contribution < -0.4 is 14.3 Å². The Morgan fingerprint density at radius 2 is 1.94 bits per heavy atom. The molecule has 6 rings (SSSR count). The van der Waals surface area contributed by atoms with E-state index in [4.69, 9.17) is 14.5 Å². The first-order valence-electron chi connectivity index (χ1n) is 10.8. The number of nitrogens with zero attached hydrogens (tertiary/aromatic N) is 3. The van der Waals surface area contributed by atoms with E-state index in [9.17, 15) is 4.79 Å². The van der Waals surface area contributed by atoms with Gasteiger partial charge in [-0.05, 0) is 23.6 Å². The maximum atomic E-state index is 13.6. The van der Waals surface area contributed by atoms with Crippen molar-refractivity contribution in [3.8, 4) is 22.1 Å². The van der Waals surface area contributed by atoms with Gasteiger partial charge in [0.05, 0.1) is 31.9 Å². The Bertz CT molecular complexity index is 1630. The van der Waals surface area contributed by atoms with Crippen LogP contribution in [0.25, 0.3) is 31.7 Å². The highest BCUT2D eigenvalue weighted by molar-refractivity contribution is 7.16. The van der Waals surface area contributed by atoms with Crippen LogP contribution in [0.4, 0.5) is 0 Å². The molecule has 0 saturated carbocycles.